The fourth-order valence-corrected chi connectivity index (χ4v) is 3.54. The van der Waals surface area contributed by atoms with Gasteiger partial charge < -0.3 is 28.3 Å². The van der Waals surface area contributed by atoms with Crippen molar-refractivity contribution in [1.29, 1.82) is 0 Å². The van der Waals surface area contributed by atoms with Gasteiger partial charge in [0.1, 0.15) is 12.7 Å². The van der Waals surface area contributed by atoms with Crippen molar-refractivity contribution in [2.24, 2.45) is 21.7 Å². The molecule has 11 heteroatoms. The topological polar surface area (TPSA) is 136 Å². The summed E-state index contributed by atoms with van der Waals surface area (Å²) in [6.07, 6.45) is -3.44. The van der Waals surface area contributed by atoms with Crippen molar-refractivity contribution in [3.8, 4) is 0 Å². The van der Waals surface area contributed by atoms with Crippen molar-refractivity contribution >= 4 is 23.9 Å². The SMILES string of the molecule is CC(C)(C)C(=O)OC[C@H]1O[C@H](n2ccc(=O)cc2)[C@H](OC(=O)C(C)(C)C)[C@H](OC(=O)C(C)(C)C)[C@@H]1OC(=O)C(C)(C)C. The summed E-state index contributed by atoms with van der Waals surface area (Å²) < 4.78 is 31.3. The van der Waals surface area contributed by atoms with Crippen LogP contribution < -0.4 is 5.43 Å². The fraction of sp³-hybridized carbons (Fsp3) is 0.710. The summed E-state index contributed by atoms with van der Waals surface area (Å²) >= 11 is 0. The molecule has 11 nitrogen and oxygen atoms in total. The molecule has 1 aromatic rings. The number of pyridine rings is 1. The van der Waals surface area contributed by atoms with Gasteiger partial charge in [-0.2, -0.15) is 0 Å². The molecule has 5 atom stereocenters. The van der Waals surface area contributed by atoms with Gasteiger partial charge in [-0.05, 0) is 83.1 Å². The van der Waals surface area contributed by atoms with Crippen LogP contribution in [0.25, 0.3) is 0 Å². The van der Waals surface area contributed by atoms with Gasteiger partial charge in [-0.25, -0.2) is 0 Å². The van der Waals surface area contributed by atoms with Crippen molar-refractivity contribution in [2.75, 3.05) is 6.61 Å². The highest BCUT2D eigenvalue weighted by Crippen LogP contribution is 2.37. The molecule has 1 aliphatic rings. The number of hydrogen-bond acceptors (Lipinski definition) is 10. The summed E-state index contributed by atoms with van der Waals surface area (Å²) in [4.78, 5) is 64.4. The predicted octanol–water partition coefficient (Wildman–Crippen LogP) is 4.21. The van der Waals surface area contributed by atoms with Crippen LogP contribution in [0, 0.1) is 21.7 Å². The second-order valence-electron chi connectivity index (χ2n) is 14.8. The average Bonchev–Trinajstić information content (AvgIpc) is 2.82. The lowest BCUT2D eigenvalue weighted by Gasteiger charge is -2.46. The van der Waals surface area contributed by atoms with Crippen molar-refractivity contribution in [2.45, 2.75) is 114 Å². The molecule has 0 spiro atoms. The van der Waals surface area contributed by atoms with Gasteiger partial charge in [0.05, 0.1) is 21.7 Å². The van der Waals surface area contributed by atoms with Crippen molar-refractivity contribution < 1.29 is 42.9 Å². The molecule has 1 fully saturated rings. The molecule has 0 bridgehead atoms. The quantitative estimate of drug-likeness (QED) is 0.348. The van der Waals surface area contributed by atoms with Crippen molar-refractivity contribution in [1.82, 2.24) is 4.57 Å². The van der Waals surface area contributed by atoms with Crippen LogP contribution in [0.4, 0.5) is 0 Å². The zero-order valence-electron chi connectivity index (χ0n) is 26.9. The average molecular weight is 594 g/mol. The maximum atomic E-state index is 13.3. The number of esters is 4. The van der Waals surface area contributed by atoms with Crippen LogP contribution in [0.3, 0.4) is 0 Å². The van der Waals surface area contributed by atoms with Crippen LogP contribution >= 0.6 is 0 Å². The molecular formula is C31H47NO10. The second-order valence-corrected chi connectivity index (χ2v) is 14.8. The van der Waals surface area contributed by atoms with Gasteiger partial charge in [0.25, 0.3) is 0 Å². The highest BCUT2D eigenvalue weighted by molar-refractivity contribution is 5.78. The van der Waals surface area contributed by atoms with Crippen LogP contribution in [0.15, 0.2) is 29.3 Å². The summed E-state index contributed by atoms with van der Waals surface area (Å²) in [5.74, 6) is -2.44. The molecule has 0 saturated carbocycles. The molecule has 0 radical (unpaired) electrons. The summed E-state index contributed by atoms with van der Waals surface area (Å²) in [5.41, 5.74) is -4.00. The molecule has 0 aliphatic carbocycles. The monoisotopic (exact) mass is 593 g/mol. The van der Waals surface area contributed by atoms with E-state index in [0.29, 0.717) is 0 Å². The minimum absolute atomic E-state index is 0.270. The van der Waals surface area contributed by atoms with Crippen LogP contribution in [0.1, 0.15) is 89.3 Å². The standard InChI is InChI=1S/C31H47NO10/c1-28(2,3)24(34)38-17-19-20(40-25(35)29(4,5)6)21(41-26(36)30(7,8)9)22(42-27(37)31(10,11)12)23(39-19)32-15-13-18(33)14-16-32/h13-16,19-23H,17H2,1-12H3/t19-,20-,21-,22-,23+/m1/s1. The molecule has 0 N–H and O–H groups in total. The molecule has 0 amide bonds. The maximum Gasteiger partial charge on any atom is 0.311 e. The van der Waals surface area contributed by atoms with Gasteiger partial charge in [0, 0.05) is 24.5 Å². The largest absolute Gasteiger partial charge is 0.462 e. The molecule has 0 unspecified atom stereocenters. The Labute approximate surface area is 248 Å². The van der Waals surface area contributed by atoms with Gasteiger partial charge in [-0.1, -0.05) is 0 Å². The molecule has 1 saturated heterocycles. The first-order valence-electron chi connectivity index (χ1n) is 14.1. The second kappa shape index (κ2) is 12.6. The van der Waals surface area contributed by atoms with Crippen LogP contribution in [-0.4, -0.2) is 59.5 Å². The Kier molecular flexibility index (Phi) is 10.5. The molecule has 1 aliphatic heterocycles. The third-order valence-electron chi connectivity index (χ3n) is 6.28. The van der Waals surface area contributed by atoms with E-state index in [2.05, 4.69) is 0 Å². The van der Waals surface area contributed by atoms with E-state index in [1.54, 1.807) is 83.1 Å². The van der Waals surface area contributed by atoms with Crippen LogP contribution in [-0.2, 0) is 42.9 Å². The lowest BCUT2D eigenvalue weighted by Crippen LogP contribution is -2.62. The van der Waals surface area contributed by atoms with Gasteiger partial charge in [0.15, 0.2) is 30.0 Å². The fourth-order valence-electron chi connectivity index (χ4n) is 3.54. The minimum atomic E-state index is -1.37. The Morgan fingerprint density at radius 2 is 1.02 bits per heavy atom. The van der Waals surface area contributed by atoms with E-state index in [9.17, 15) is 24.0 Å². The summed E-state index contributed by atoms with van der Waals surface area (Å²) in [6, 6.07) is 2.59. The van der Waals surface area contributed by atoms with Gasteiger partial charge in [-0.15, -0.1) is 0 Å². The first kappa shape index (κ1) is 35.0. The van der Waals surface area contributed by atoms with E-state index in [1.165, 1.54) is 29.1 Å². The van der Waals surface area contributed by atoms with E-state index in [-0.39, 0.29) is 12.0 Å². The molecule has 2 heterocycles. The van der Waals surface area contributed by atoms with E-state index in [1.807, 2.05) is 0 Å². The zero-order chi connectivity index (χ0) is 32.4. The molecule has 236 valence electrons. The number of carbonyl (C=O) groups excluding carboxylic acids is 4. The summed E-state index contributed by atoms with van der Waals surface area (Å²) in [6.45, 7) is 19.6. The Balaban J connectivity index is 2.75. The highest BCUT2D eigenvalue weighted by atomic mass is 16.7. The van der Waals surface area contributed by atoms with Crippen molar-refractivity contribution in [3.05, 3.63) is 34.7 Å². The van der Waals surface area contributed by atoms with Gasteiger partial charge in [-0.3, -0.25) is 24.0 Å². The molecule has 42 heavy (non-hydrogen) atoms. The predicted molar refractivity (Wildman–Crippen MR) is 153 cm³/mol. The first-order chi connectivity index (χ1) is 18.9. The Hall–Kier alpha value is -3.21. The number of aromatic nitrogens is 1. The van der Waals surface area contributed by atoms with E-state index >= 15 is 0 Å². The molecular weight excluding hydrogens is 546 g/mol. The van der Waals surface area contributed by atoms with E-state index in [0.717, 1.165) is 0 Å². The Morgan fingerprint density at radius 1 is 0.643 bits per heavy atom. The number of ether oxygens (including phenoxy) is 5. The van der Waals surface area contributed by atoms with Crippen molar-refractivity contribution in [3.63, 3.8) is 0 Å². The maximum absolute atomic E-state index is 13.3. The summed E-state index contributed by atoms with van der Waals surface area (Å²) in [5, 5.41) is 0. The molecule has 1 aromatic heterocycles. The van der Waals surface area contributed by atoms with Crippen LogP contribution in [0.5, 0.6) is 0 Å². The molecule has 2 rings (SSSR count). The third kappa shape index (κ3) is 9.14. The smallest absolute Gasteiger partial charge is 0.311 e. The zero-order valence-corrected chi connectivity index (χ0v) is 26.9. The van der Waals surface area contributed by atoms with E-state index < -0.39 is 76.2 Å². The van der Waals surface area contributed by atoms with Crippen LogP contribution in [0.2, 0.25) is 0 Å². The number of hydrogen-bond donors (Lipinski definition) is 0. The van der Waals surface area contributed by atoms with Gasteiger partial charge >= 0.3 is 23.9 Å². The lowest BCUT2D eigenvalue weighted by atomic mass is 9.92. The third-order valence-corrected chi connectivity index (χ3v) is 6.28. The Morgan fingerprint density at radius 3 is 1.43 bits per heavy atom. The number of rotatable bonds is 6. The normalized spacial score (nSPS) is 23.5. The summed E-state index contributed by atoms with van der Waals surface area (Å²) in [7, 11) is 0. The first-order valence-corrected chi connectivity index (χ1v) is 14.1. The lowest BCUT2D eigenvalue weighted by molar-refractivity contribution is -0.275. The number of nitrogens with zero attached hydrogens (tertiary/aromatic N) is 1. The van der Waals surface area contributed by atoms with E-state index in [4.69, 9.17) is 23.7 Å². The van der Waals surface area contributed by atoms with Gasteiger partial charge in [0.2, 0.25) is 0 Å². The Bertz CT molecular complexity index is 1190. The minimum Gasteiger partial charge on any atom is -0.462 e. The number of carbonyl (C=O) groups is 4. The highest BCUT2D eigenvalue weighted by Gasteiger charge is 2.55. The molecule has 0 aromatic carbocycles.